The Bertz CT molecular complexity index is 994. The Morgan fingerprint density at radius 2 is 1.76 bits per heavy atom. The van der Waals surface area contributed by atoms with Gasteiger partial charge in [-0.3, -0.25) is 9.69 Å². The first-order valence-corrected chi connectivity index (χ1v) is 11.7. The average Bonchev–Trinajstić information content (AvgIpc) is 3.21. The Balaban J connectivity index is 1.59. The molecule has 1 aromatic carbocycles. The molecule has 1 amide bonds. The molecule has 0 bridgehead atoms. The minimum Gasteiger partial charge on any atom is -0.350 e. The number of piperazine rings is 1. The maximum Gasteiger partial charge on any atom is 0.228 e. The number of rotatable bonds is 3. The Kier molecular flexibility index (Phi) is 6.45. The maximum absolute atomic E-state index is 14.8. The monoisotopic (exact) mass is 456 g/mol. The maximum atomic E-state index is 14.8. The van der Waals surface area contributed by atoms with E-state index in [1.165, 1.54) is 12.1 Å². The molecule has 1 aromatic heterocycles. The van der Waals surface area contributed by atoms with Gasteiger partial charge < -0.3 is 9.80 Å². The molecule has 3 heterocycles. The van der Waals surface area contributed by atoms with Crippen LogP contribution in [0.15, 0.2) is 42.6 Å². The molecule has 0 radical (unpaired) electrons. The van der Waals surface area contributed by atoms with E-state index in [0.29, 0.717) is 31.7 Å². The highest BCUT2D eigenvalue weighted by atomic mass is 19.1. The standard InChI is InChI=1S/C26H34F2N4O/c1-17-14-32(18(2)13-31(17)24-8-6-7-11-29-24)25(33)22-16-30(26(3,4)5)15-21(22)20-10-9-19(27)12-23(20)28/h6-12,17-18,21-22H,13-16H2,1-5H3/t17-,18+,21?,22?/m1/s1. The summed E-state index contributed by atoms with van der Waals surface area (Å²) in [6, 6.07) is 9.69. The van der Waals surface area contributed by atoms with Crippen LogP contribution in [0, 0.1) is 17.6 Å². The minimum absolute atomic E-state index is 0.00175. The molecule has 2 fully saturated rings. The van der Waals surface area contributed by atoms with Gasteiger partial charge in [-0.05, 0) is 58.4 Å². The molecule has 4 rings (SSSR count). The molecule has 2 aromatic rings. The van der Waals surface area contributed by atoms with Crippen LogP contribution in [0.4, 0.5) is 14.6 Å². The second-order valence-corrected chi connectivity index (χ2v) is 10.5. The van der Waals surface area contributed by atoms with Gasteiger partial charge in [-0.25, -0.2) is 13.8 Å². The first-order chi connectivity index (χ1) is 15.6. The van der Waals surface area contributed by atoms with Crippen molar-refractivity contribution < 1.29 is 13.6 Å². The number of hydrogen-bond donors (Lipinski definition) is 0. The number of halogens is 2. The van der Waals surface area contributed by atoms with Gasteiger partial charge in [0.05, 0.1) is 5.92 Å². The summed E-state index contributed by atoms with van der Waals surface area (Å²) in [5, 5.41) is 0. The number of likely N-dealkylation sites (tertiary alicyclic amines) is 1. The van der Waals surface area contributed by atoms with Crippen molar-refractivity contribution in [3.05, 3.63) is 59.8 Å². The number of anilines is 1. The van der Waals surface area contributed by atoms with Crippen LogP contribution in [0.25, 0.3) is 0 Å². The number of carbonyl (C=O) groups is 1. The van der Waals surface area contributed by atoms with Crippen molar-refractivity contribution in [1.29, 1.82) is 0 Å². The van der Waals surface area contributed by atoms with Crippen LogP contribution in [-0.4, -0.2) is 64.5 Å². The van der Waals surface area contributed by atoms with Crippen molar-refractivity contribution in [3.8, 4) is 0 Å². The predicted molar refractivity (Wildman–Crippen MR) is 126 cm³/mol. The van der Waals surface area contributed by atoms with Crippen LogP contribution in [-0.2, 0) is 4.79 Å². The Morgan fingerprint density at radius 1 is 1.00 bits per heavy atom. The lowest BCUT2D eigenvalue weighted by atomic mass is 9.87. The minimum atomic E-state index is -0.599. The number of benzene rings is 1. The number of aromatic nitrogens is 1. The van der Waals surface area contributed by atoms with Gasteiger partial charge >= 0.3 is 0 Å². The molecule has 5 nitrogen and oxygen atoms in total. The zero-order valence-electron chi connectivity index (χ0n) is 20.1. The van der Waals surface area contributed by atoms with Crippen LogP contribution in [0.5, 0.6) is 0 Å². The first kappa shape index (κ1) is 23.6. The molecule has 33 heavy (non-hydrogen) atoms. The SMILES string of the molecule is C[C@@H]1CN(C(=O)C2CN(C(C)(C)C)CC2c2ccc(F)cc2F)[C@@H](C)CN1c1ccccn1. The summed E-state index contributed by atoms with van der Waals surface area (Å²) in [4.78, 5) is 24.8. The topological polar surface area (TPSA) is 39.7 Å². The fourth-order valence-electron chi connectivity index (χ4n) is 5.21. The van der Waals surface area contributed by atoms with Crippen LogP contribution in [0.3, 0.4) is 0 Å². The quantitative estimate of drug-likeness (QED) is 0.691. The summed E-state index contributed by atoms with van der Waals surface area (Å²) in [6.45, 7) is 12.9. The van der Waals surface area contributed by atoms with Crippen LogP contribution < -0.4 is 4.90 Å². The van der Waals surface area contributed by atoms with Crippen LogP contribution >= 0.6 is 0 Å². The highest BCUT2D eigenvalue weighted by molar-refractivity contribution is 5.81. The van der Waals surface area contributed by atoms with Gasteiger partial charge in [0, 0.05) is 62.0 Å². The van der Waals surface area contributed by atoms with Crippen molar-refractivity contribution in [2.24, 2.45) is 5.92 Å². The smallest absolute Gasteiger partial charge is 0.228 e. The number of amides is 1. The summed E-state index contributed by atoms with van der Waals surface area (Å²) in [5.74, 6) is -0.896. The predicted octanol–water partition coefficient (Wildman–Crippen LogP) is 4.30. The van der Waals surface area contributed by atoms with Crippen LogP contribution in [0.1, 0.15) is 46.1 Å². The van der Waals surface area contributed by atoms with Gasteiger partial charge in [-0.1, -0.05) is 12.1 Å². The molecule has 4 atom stereocenters. The first-order valence-electron chi connectivity index (χ1n) is 11.7. The number of hydrogen-bond acceptors (Lipinski definition) is 4. The summed E-state index contributed by atoms with van der Waals surface area (Å²) in [6.07, 6.45) is 1.78. The summed E-state index contributed by atoms with van der Waals surface area (Å²) in [5.41, 5.74) is 0.273. The molecular weight excluding hydrogens is 422 g/mol. The van der Waals surface area contributed by atoms with E-state index in [0.717, 1.165) is 11.9 Å². The zero-order valence-corrected chi connectivity index (χ0v) is 20.1. The highest BCUT2D eigenvalue weighted by Crippen LogP contribution is 2.39. The molecule has 7 heteroatoms. The third kappa shape index (κ3) is 4.74. The summed E-state index contributed by atoms with van der Waals surface area (Å²) >= 11 is 0. The van der Waals surface area contributed by atoms with Crippen molar-refractivity contribution in [2.45, 2.75) is 58.2 Å². The molecule has 0 aliphatic carbocycles. The Morgan fingerprint density at radius 3 is 2.39 bits per heavy atom. The molecule has 2 aliphatic rings. The van der Waals surface area contributed by atoms with Crippen molar-refractivity contribution in [2.75, 3.05) is 31.1 Å². The Hall–Kier alpha value is -2.54. The fraction of sp³-hybridized carbons (Fsp3) is 0.538. The molecule has 0 spiro atoms. The van der Waals surface area contributed by atoms with Crippen molar-refractivity contribution >= 4 is 11.7 Å². The molecule has 2 unspecified atom stereocenters. The fourth-order valence-corrected chi connectivity index (χ4v) is 5.21. The second kappa shape index (κ2) is 9.01. The van der Waals surface area contributed by atoms with E-state index in [1.54, 1.807) is 6.20 Å². The number of pyridine rings is 1. The average molecular weight is 457 g/mol. The van der Waals surface area contributed by atoms with Crippen LogP contribution in [0.2, 0.25) is 0 Å². The summed E-state index contributed by atoms with van der Waals surface area (Å²) in [7, 11) is 0. The lowest BCUT2D eigenvalue weighted by molar-refractivity contribution is -0.138. The van der Waals surface area contributed by atoms with E-state index >= 15 is 0 Å². The van der Waals surface area contributed by atoms with E-state index in [-0.39, 0.29) is 35.4 Å². The third-order valence-corrected chi connectivity index (χ3v) is 7.16. The molecule has 2 aliphatic heterocycles. The molecule has 0 N–H and O–H groups in total. The van der Waals surface area contributed by atoms with E-state index < -0.39 is 11.6 Å². The van der Waals surface area contributed by atoms with Gasteiger partial charge in [0.2, 0.25) is 5.91 Å². The second-order valence-electron chi connectivity index (χ2n) is 10.5. The number of carbonyl (C=O) groups excluding carboxylic acids is 1. The zero-order chi connectivity index (χ0) is 23.9. The van der Waals surface area contributed by atoms with E-state index in [2.05, 4.69) is 49.4 Å². The molecule has 0 saturated carbocycles. The molecule has 178 valence electrons. The lowest BCUT2D eigenvalue weighted by Gasteiger charge is -2.45. The lowest BCUT2D eigenvalue weighted by Crippen LogP contribution is -2.60. The van der Waals surface area contributed by atoms with Gasteiger partial charge in [-0.2, -0.15) is 0 Å². The normalized spacial score (nSPS) is 26.6. The molecular formula is C26H34F2N4O. The van der Waals surface area contributed by atoms with Gasteiger partial charge in [0.1, 0.15) is 17.5 Å². The Labute approximate surface area is 195 Å². The van der Waals surface area contributed by atoms with Gasteiger partial charge in [0.15, 0.2) is 0 Å². The molecule has 2 saturated heterocycles. The van der Waals surface area contributed by atoms with E-state index in [4.69, 9.17) is 0 Å². The summed E-state index contributed by atoms with van der Waals surface area (Å²) < 4.78 is 28.4. The largest absolute Gasteiger partial charge is 0.350 e. The van der Waals surface area contributed by atoms with Gasteiger partial charge in [-0.15, -0.1) is 0 Å². The van der Waals surface area contributed by atoms with Gasteiger partial charge in [0.25, 0.3) is 0 Å². The number of nitrogens with zero attached hydrogens (tertiary/aromatic N) is 4. The third-order valence-electron chi connectivity index (χ3n) is 7.16. The van der Waals surface area contributed by atoms with E-state index in [1.807, 2.05) is 23.1 Å². The van der Waals surface area contributed by atoms with E-state index in [9.17, 15) is 13.6 Å². The van der Waals surface area contributed by atoms with Crippen molar-refractivity contribution in [1.82, 2.24) is 14.8 Å². The highest BCUT2D eigenvalue weighted by Gasteiger charge is 2.46. The van der Waals surface area contributed by atoms with Crippen molar-refractivity contribution in [3.63, 3.8) is 0 Å².